The maximum atomic E-state index is 12.9. The van der Waals surface area contributed by atoms with Gasteiger partial charge in [0.2, 0.25) is 0 Å². The fourth-order valence-electron chi connectivity index (χ4n) is 2.80. The third-order valence-electron chi connectivity index (χ3n) is 4.05. The van der Waals surface area contributed by atoms with Gasteiger partial charge in [-0.1, -0.05) is 30.3 Å². The highest BCUT2D eigenvalue weighted by molar-refractivity contribution is 5.96. The quantitative estimate of drug-likeness (QED) is 0.530. The van der Waals surface area contributed by atoms with Crippen molar-refractivity contribution in [3.05, 3.63) is 69.8 Å². The maximum absolute atomic E-state index is 12.9. The predicted octanol–water partition coefficient (Wildman–Crippen LogP) is 2.39. The Morgan fingerprint density at radius 1 is 1.25 bits per heavy atom. The van der Waals surface area contributed by atoms with Crippen molar-refractivity contribution in [2.24, 2.45) is 0 Å². The van der Waals surface area contributed by atoms with Crippen molar-refractivity contribution in [1.82, 2.24) is 4.90 Å². The molecule has 1 aliphatic rings. The molecule has 0 aliphatic carbocycles. The molecule has 2 aromatic carbocycles. The summed E-state index contributed by atoms with van der Waals surface area (Å²) in [5.41, 5.74) is 6.60. The number of rotatable bonds is 3. The van der Waals surface area contributed by atoms with Crippen LogP contribution >= 0.6 is 0 Å². The first-order chi connectivity index (χ1) is 11.6. The summed E-state index contributed by atoms with van der Waals surface area (Å²) in [4.78, 5) is 25.0. The number of carbonyl (C=O) groups is 1. The van der Waals surface area contributed by atoms with Crippen molar-refractivity contribution in [1.29, 1.82) is 0 Å². The predicted molar refractivity (Wildman–Crippen MR) is 88.5 cm³/mol. The lowest BCUT2D eigenvalue weighted by molar-refractivity contribution is -0.383. The van der Waals surface area contributed by atoms with E-state index in [0.717, 1.165) is 5.56 Å². The molecule has 24 heavy (non-hydrogen) atoms. The highest BCUT2D eigenvalue weighted by Crippen LogP contribution is 2.28. The zero-order valence-corrected chi connectivity index (χ0v) is 12.9. The van der Waals surface area contributed by atoms with E-state index in [2.05, 4.69) is 0 Å². The van der Waals surface area contributed by atoms with Gasteiger partial charge in [0.25, 0.3) is 11.6 Å². The van der Waals surface area contributed by atoms with Crippen molar-refractivity contribution in [3.63, 3.8) is 0 Å². The number of benzene rings is 2. The monoisotopic (exact) mass is 327 g/mol. The number of ether oxygens (including phenoxy) is 1. The van der Waals surface area contributed by atoms with Crippen LogP contribution in [0.25, 0.3) is 0 Å². The number of carbonyl (C=O) groups excluding carboxylic acids is 1. The van der Waals surface area contributed by atoms with E-state index in [4.69, 9.17) is 10.5 Å². The highest BCUT2D eigenvalue weighted by atomic mass is 16.6. The number of anilines is 1. The molecule has 7 nitrogen and oxygen atoms in total. The van der Waals surface area contributed by atoms with E-state index < -0.39 is 4.92 Å². The lowest BCUT2D eigenvalue weighted by Gasteiger charge is -2.36. The largest absolute Gasteiger partial charge is 0.393 e. The molecule has 7 heteroatoms. The molecule has 0 saturated carbocycles. The van der Waals surface area contributed by atoms with Crippen LogP contribution in [0.2, 0.25) is 0 Å². The molecule has 1 fully saturated rings. The smallest absolute Gasteiger partial charge is 0.292 e. The highest BCUT2D eigenvalue weighted by Gasteiger charge is 2.30. The molecule has 1 atom stereocenters. The van der Waals surface area contributed by atoms with Gasteiger partial charge >= 0.3 is 0 Å². The van der Waals surface area contributed by atoms with E-state index in [1.807, 2.05) is 30.3 Å². The van der Waals surface area contributed by atoms with E-state index in [1.165, 1.54) is 18.2 Å². The van der Waals surface area contributed by atoms with E-state index >= 15 is 0 Å². The van der Waals surface area contributed by atoms with E-state index in [-0.39, 0.29) is 28.9 Å². The number of hydrogen-bond donors (Lipinski definition) is 1. The summed E-state index contributed by atoms with van der Waals surface area (Å²) in [6.07, 6.45) is 0. The number of nitro benzene ring substituents is 1. The number of amides is 1. The maximum Gasteiger partial charge on any atom is 0.292 e. The zero-order valence-electron chi connectivity index (χ0n) is 12.9. The number of hydrogen-bond acceptors (Lipinski definition) is 5. The molecule has 1 heterocycles. The molecule has 1 amide bonds. The van der Waals surface area contributed by atoms with Gasteiger partial charge < -0.3 is 15.4 Å². The Morgan fingerprint density at radius 2 is 2.00 bits per heavy atom. The zero-order chi connectivity index (χ0) is 17.1. The molecule has 0 unspecified atom stereocenters. The average Bonchev–Trinajstić information content (AvgIpc) is 2.62. The van der Waals surface area contributed by atoms with Crippen LogP contribution in [-0.2, 0) is 4.74 Å². The van der Waals surface area contributed by atoms with E-state index in [9.17, 15) is 14.9 Å². The van der Waals surface area contributed by atoms with E-state index in [0.29, 0.717) is 19.8 Å². The van der Waals surface area contributed by atoms with Gasteiger partial charge in [0.05, 0.1) is 24.2 Å². The standard InChI is InChI=1S/C17H17N3O4/c18-14-7-6-13(10-15(14)20(22)23)17(21)19-8-9-24-11-16(19)12-4-2-1-3-5-12/h1-7,10,16H,8-9,11,18H2/t16-/m1/s1. The number of nitrogens with zero attached hydrogens (tertiary/aromatic N) is 2. The summed E-state index contributed by atoms with van der Waals surface area (Å²) < 4.78 is 5.51. The third-order valence-corrected chi connectivity index (χ3v) is 4.05. The van der Waals surface area contributed by atoms with Gasteiger partial charge in [-0.15, -0.1) is 0 Å². The van der Waals surface area contributed by atoms with E-state index in [1.54, 1.807) is 4.90 Å². The fourth-order valence-corrected chi connectivity index (χ4v) is 2.80. The second-order valence-corrected chi connectivity index (χ2v) is 5.53. The lowest BCUT2D eigenvalue weighted by Crippen LogP contribution is -2.43. The summed E-state index contributed by atoms with van der Waals surface area (Å²) in [7, 11) is 0. The minimum Gasteiger partial charge on any atom is -0.393 e. The Labute approximate surface area is 138 Å². The van der Waals surface area contributed by atoms with Gasteiger partial charge in [0.1, 0.15) is 5.69 Å². The first kappa shape index (κ1) is 15.9. The number of nitro groups is 1. The number of nitrogens with two attached hydrogens (primary N) is 1. The van der Waals surface area contributed by atoms with Gasteiger partial charge in [0, 0.05) is 18.2 Å². The normalized spacial score (nSPS) is 17.5. The van der Waals surface area contributed by atoms with Crippen molar-refractivity contribution in [2.45, 2.75) is 6.04 Å². The molecule has 0 radical (unpaired) electrons. The second-order valence-electron chi connectivity index (χ2n) is 5.53. The summed E-state index contributed by atoms with van der Waals surface area (Å²) in [5, 5.41) is 11.0. The molecule has 2 N–H and O–H groups in total. The van der Waals surface area contributed by atoms with Crippen molar-refractivity contribution in [3.8, 4) is 0 Å². The molecular weight excluding hydrogens is 310 g/mol. The summed E-state index contributed by atoms with van der Waals surface area (Å²) in [6, 6.07) is 13.5. The molecule has 124 valence electrons. The van der Waals surface area contributed by atoms with Crippen molar-refractivity contribution >= 4 is 17.3 Å². The Bertz CT molecular complexity index is 764. The minimum absolute atomic E-state index is 0.0399. The van der Waals surface area contributed by atoms with Gasteiger partial charge in [-0.25, -0.2) is 0 Å². The molecule has 2 aromatic rings. The van der Waals surface area contributed by atoms with Crippen LogP contribution in [0.15, 0.2) is 48.5 Å². The molecular formula is C17H17N3O4. The third kappa shape index (κ3) is 3.07. The van der Waals surface area contributed by atoms with Gasteiger partial charge in [0.15, 0.2) is 0 Å². The van der Waals surface area contributed by atoms with Crippen molar-refractivity contribution in [2.75, 3.05) is 25.5 Å². The Morgan fingerprint density at radius 3 is 2.71 bits per heavy atom. The van der Waals surface area contributed by atoms with Crippen LogP contribution in [0, 0.1) is 10.1 Å². The van der Waals surface area contributed by atoms with Crippen LogP contribution < -0.4 is 5.73 Å². The van der Waals surface area contributed by atoms with Gasteiger partial charge in [-0.3, -0.25) is 14.9 Å². The summed E-state index contributed by atoms with van der Waals surface area (Å²) in [5.74, 6) is -0.268. The van der Waals surface area contributed by atoms with Crippen LogP contribution in [0.3, 0.4) is 0 Å². The number of morpholine rings is 1. The SMILES string of the molecule is Nc1ccc(C(=O)N2CCOC[C@@H]2c2ccccc2)cc1[N+](=O)[O-]. The van der Waals surface area contributed by atoms with Crippen LogP contribution in [-0.4, -0.2) is 35.5 Å². The Hall–Kier alpha value is -2.93. The van der Waals surface area contributed by atoms with Gasteiger partial charge in [-0.05, 0) is 17.7 Å². The van der Waals surface area contributed by atoms with Crippen molar-refractivity contribution < 1.29 is 14.5 Å². The number of nitrogen functional groups attached to an aromatic ring is 1. The Kier molecular flexibility index (Phi) is 4.43. The van der Waals surface area contributed by atoms with Gasteiger partial charge in [-0.2, -0.15) is 0 Å². The first-order valence-electron chi connectivity index (χ1n) is 7.55. The summed E-state index contributed by atoms with van der Waals surface area (Å²) >= 11 is 0. The molecule has 0 spiro atoms. The molecule has 0 bridgehead atoms. The van der Waals surface area contributed by atoms with Crippen LogP contribution in [0.1, 0.15) is 22.0 Å². The fraction of sp³-hybridized carbons (Fsp3) is 0.235. The Balaban J connectivity index is 1.92. The van der Waals surface area contributed by atoms with Crippen LogP contribution in [0.4, 0.5) is 11.4 Å². The average molecular weight is 327 g/mol. The van der Waals surface area contributed by atoms with Crippen LogP contribution in [0.5, 0.6) is 0 Å². The summed E-state index contributed by atoms with van der Waals surface area (Å²) in [6.45, 7) is 1.26. The molecule has 3 rings (SSSR count). The topological polar surface area (TPSA) is 98.7 Å². The molecule has 0 aromatic heterocycles. The second kappa shape index (κ2) is 6.67. The lowest BCUT2D eigenvalue weighted by atomic mass is 10.0. The molecule has 1 aliphatic heterocycles. The first-order valence-corrected chi connectivity index (χ1v) is 7.55. The minimum atomic E-state index is -0.583. The molecule has 1 saturated heterocycles.